The molecule has 19 heavy (non-hydrogen) atoms. The molecule has 1 atom stereocenters. The molecule has 0 radical (unpaired) electrons. The number of nitrogens with two attached hydrogens (primary N) is 1. The van der Waals surface area contributed by atoms with E-state index in [4.69, 9.17) is 5.73 Å². The van der Waals surface area contributed by atoms with E-state index in [9.17, 15) is 17.1 Å². The third kappa shape index (κ3) is 5.81. The number of hydrogen-bond donors (Lipinski definition) is 3. The van der Waals surface area contributed by atoms with Gasteiger partial charge in [0.15, 0.2) is 0 Å². The molecule has 7 nitrogen and oxygen atoms in total. The van der Waals surface area contributed by atoms with Crippen molar-refractivity contribution >= 4 is 16.1 Å². The lowest BCUT2D eigenvalue weighted by Crippen LogP contribution is -2.37. The Labute approximate surface area is 112 Å². The van der Waals surface area contributed by atoms with Crippen molar-refractivity contribution in [2.75, 3.05) is 45.8 Å². The number of likely N-dealkylation sites (tertiary alicyclic amines) is 1. The van der Waals surface area contributed by atoms with E-state index in [0.29, 0.717) is 19.6 Å². The summed E-state index contributed by atoms with van der Waals surface area (Å²) in [6.45, 7) is 3.73. The number of amides is 1. The molecule has 1 amide bonds. The van der Waals surface area contributed by atoms with Gasteiger partial charge in [-0.1, -0.05) is 0 Å². The van der Waals surface area contributed by atoms with Gasteiger partial charge in [0, 0.05) is 52.2 Å². The monoisotopic (exact) mass is 296 g/mol. The van der Waals surface area contributed by atoms with Crippen molar-refractivity contribution in [1.82, 2.24) is 15.5 Å². The average Bonchev–Trinajstić information content (AvgIpc) is 2.70. The molecule has 0 aromatic rings. The summed E-state index contributed by atoms with van der Waals surface area (Å²) in [7, 11) is -4.62. The molecule has 4 N–H and O–H groups in total. The fourth-order valence-electron chi connectivity index (χ4n) is 1.88. The average molecular weight is 296 g/mol. The Kier molecular flexibility index (Phi) is 6.63. The van der Waals surface area contributed by atoms with Crippen LogP contribution in [-0.4, -0.2) is 70.3 Å². The van der Waals surface area contributed by atoms with E-state index in [1.165, 1.54) is 4.90 Å². The largest absolute Gasteiger partial charge is 0.340 e. The summed E-state index contributed by atoms with van der Waals surface area (Å²) in [5.41, 5.74) is 5.31. The number of hydrogen-bond acceptors (Lipinski definition) is 6. The van der Waals surface area contributed by atoms with Crippen molar-refractivity contribution < 1.29 is 17.1 Å². The third-order valence-electron chi connectivity index (χ3n) is 2.94. The lowest BCUT2D eigenvalue weighted by molar-refractivity contribution is -0.127. The smallest absolute Gasteiger partial charge is 0.307 e. The van der Waals surface area contributed by atoms with E-state index in [-0.39, 0.29) is 18.9 Å². The van der Waals surface area contributed by atoms with Crippen molar-refractivity contribution in [3.05, 3.63) is 0 Å². The van der Waals surface area contributed by atoms with Gasteiger partial charge in [-0.05, 0) is 0 Å². The summed E-state index contributed by atoms with van der Waals surface area (Å²) in [6, 6.07) is 0. The van der Waals surface area contributed by atoms with Gasteiger partial charge in [-0.3, -0.25) is 4.79 Å². The molecule has 0 aromatic heterocycles. The molecule has 0 aliphatic carbocycles. The Morgan fingerprint density at radius 2 is 1.89 bits per heavy atom. The van der Waals surface area contributed by atoms with Crippen LogP contribution in [0.1, 0.15) is 6.42 Å². The molecule has 1 rings (SSSR count). The first-order valence-electron chi connectivity index (χ1n) is 6.28. The number of nitrogens with one attached hydrogen (secondary N) is 2. The lowest BCUT2D eigenvalue weighted by Gasteiger charge is -2.16. The maximum Gasteiger partial charge on any atom is 0.307 e. The summed E-state index contributed by atoms with van der Waals surface area (Å²) in [4.78, 5) is 12.9. The van der Waals surface area contributed by atoms with Gasteiger partial charge in [0.1, 0.15) is 5.25 Å². The summed E-state index contributed by atoms with van der Waals surface area (Å²) in [5, 5.41) is 5.00. The molecule has 0 aromatic carbocycles. The van der Waals surface area contributed by atoms with E-state index in [1.807, 2.05) is 0 Å². The van der Waals surface area contributed by atoms with E-state index >= 15 is 0 Å². The summed E-state index contributed by atoms with van der Waals surface area (Å²) in [5.74, 6) is -0.311. The van der Waals surface area contributed by atoms with Crippen molar-refractivity contribution in [3.63, 3.8) is 0 Å². The number of nitrogens with zero attached hydrogens (tertiary/aromatic N) is 1. The molecule has 1 aliphatic heterocycles. The van der Waals surface area contributed by atoms with Gasteiger partial charge < -0.3 is 21.3 Å². The van der Waals surface area contributed by atoms with Crippen LogP contribution in [0.5, 0.6) is 0 Å². The third-order valence-corrected chi connectivity index (χ3v) is 4.05. The van der Waals surface area contributed by atoms with Crippen LogP contribution in [-0.2, 0) is 15.0 Å². The molecule has 112 valence electrons. The fourth-order valence-corrected chi connectivity index (χ4v) is 2.58. The highest BCUT2D eigenvalue weighted by Crippen LogP contribution is 2.18. The molecule has 0 saturated carbocycles. The van der Waals surface area contributed by atoms with Gasteiger partial charge >= 0.3 is 10.2 Å². The quantitative estimate of drug-likeness (QED) is 0.337. The fraction of sp³-hybridized carbons (Fsp3) is 0.900. The van der Waals surface area contributed by atoms with Crippen LogP contribution >= 0.6 is 0 Å². The molecule has 0 bridgehead atoms. The number of halogens is 1. The Balaban J connectivity index is 2.15. The maximum atomic E-state index is 12.8. The Bertz CT molecular complexity index is 390. The second kappa shape index (κ2) is 7.73. The number of rotatable bonds is 9. The van der Waals surface area contributed by atoms with Crippen LogP contribution in [0, 0.1) is 0 Å². The maximum absolute atomic E-state index is 12.8. The Hall–Kier alpha value is -0.770. The SMILES string of the molecule is NCCNCCNCCN1CC(S(=O)(=O)F)CC1=O. The van der Waals surface area contributed by atoms with Gasteiger partial charge in [0.2, 0.25) is 5.91 Å². The molecule has 9 heteroatoms. The molecular formula is C10H21FN4O3S. The Morgan fingerprint density at radius 3 is 2.42 bits per heavy atom. The summed E-state index contributed by atoms with van der Waals surface area (Å²) < 4.78 is 34.2. The number of carbonyl (C=O) groups is 1. The predicted molar refractivity (Wildman–Crippen MR) is 69.8 cm³/mol. The highest BCUT2D eigenvalue weighted by Gasteiger charge is 2.37. The second-order valence-corrected chi connectivity index (χ2v) is 6.05. The van der Waals surface area contributed by atoms with E-state index in [2.05, 4.69) is 10.6 Å². The first-order valence-corrected chi connectivity index (χ1v) is 7.72. The highest BCUT2D eigenvalue weighted by atomic mass is 32.3. The van der Waals surface area contributed by atoms with Gasteiger partial charge in [-0.15, -0.1) is 3.89 Å². The van der Waals surface area contributed by atoms with Crippen molar-refractivity contribution in [1.29, 1.82) is 0 Å². The number of carbonyl (C=O) groups excluding carboxylic acids is 1. The van der Waals surface area contributed by atoms with Crippen LogP contribution in [0.3, 0.4) is 0 Å². The molecule has 1 unspecified atom stereocenters. The minimum Gasteiger partial charge on any atom is -0.340 e. The molecule has 0 spiro atoms. The topological polar surface area (TPSA) is 105 Å². The second-order valence-electron chi connectivity index (χ2n) is 4.43. The van der Waals surface area contributed by atoms with E-state index < -0.39 is 15.5 Å². The molecule has 1 fully saturated rings. The zero-order chi connectivity index (χ0) is 14.3. The van der Waals surface area contributed by atoms with Crippen LogP contribution in [0.15, 0.2) is 0 Å². The van der Waals surface area contributed by atoms with Crippen molar-refractivity contribution in [3.8, 4) is 0 Å². The standard InChI is InChI=1S/C10H21FN4O3S/c11-19(17,18)9-7-10(16)15(8-9)6-5-14-4-3-13-2-1-12/h9,13-14H,1-8,12H2. The van der Waals surface area contributed by atoms with Gasteiger partial charge in [0.25, 0.3) is 0 Å². The van der Waals surface area contributed by atoms with Crippen LogP contribution in [0.2, 0.25) is 0 Å². The van der Waals surface area contributed by atoms with Gasteiger partial charge in [-0.2, -0.15) is 8.42 Å². The van der Waals surface area contributed by atoms with Gasteiger partial charge in [0.05, 0.1) is 0 Å². The van der Waals surface area contributed by atoms with Gasteiger partial charge in [-0.25, -0.2) is 0 Å². The van der Waals surface area contributed by atoms with E-state index in [1.54, 1.807) is 0 Å². The molecule has 1 saturated heterocycles. The predicted octanol–water partition coefficient (Wildman–Crippen LogP) is -1.98. The zero-order valence-corrected chi connectivity index (χ0v) is 11.6. The summed E-state index contributed by atoms with van der Waals surface area (Å²) in [6.07, 6.45) is -0.253. The minimum absolute atomic E-state index is 0.0508. The van der Waals surface area contributed by atoms with Crippen LogP contribution in [0.25, 0.3) is 0 Å². The normalized spacial score (nSPS) is 20.2. The molecular weight excluding hydrogens is 275 g/mol. The first-order chi connectivity index (χ1) is 8.95. The lowest BCUT2D eigenvalue weighted by atomic mass is 10.4. The first kappa shape index (κ1) is 16.3. The van der Waals surface area contributed by atoms with E-state index in [0.717, 1.165) is 19.6 Å². The zero-order valence-electron chi connectivity index (χ0n) is 10.8. The Morgan fingerprint density at radius 1 is 1.26 bits per heavy atom. The van der Waals surface area contributed by atoms with Crippen LogP contribution in [0.4, 0.5) is 3.89 Å². The highest BCUT2D eigenvalue weighted by molar-refractivity contribution is 7.87. The molecule has 1 heterocycles. The van der Waals surface area contributed by atoms with Crippen molar-refractivity contribution in [2.45, 2.75) is 11.7 Å². The molecule has 1 aliphatic rings. The van der Waals surface area contributed by atoms with Crippen LogP contribution < -0.4 is 16.4 Å². The minimum atomic E-state index is -4.62. The summed E-state index contributed by atoms with van der Waals surface area (Å²) >= 11 is 0. The van der Waals surface area contributed by atoms with Crippen molar-refractivity contribution in [2.24, 2.45) is 5.73 Å².